The highest BCUT2D eigenvalue weighted by molar-refractivity contribution is 5.87. The number of imidazole rings is 2. The third-order valence-electron chi connectivity index (χ3n) is 10.4. The number of amides is 4. The second-order valence-corrected chi connectivity index (χ2v) is 14.6. The Balaban J connectivity index is 1.11. The molecule has 0 aliphatic carbocycles. The van der Waals surface area contributed by atoms with E-state index in [2.05, 4.69) is 49.9 Å². The Morgan fingerprint density at radius 1 is 0.704 bits per heavy atom. The van der Waals surface area contributed by atoms with Gasteiger partial charge < -0.3 is 39.9 Å². The second-order valence-electron chi connectivity index (χ2n) is 14.6. The zero-order valence-electron chi connectivity index (χ0n) is 31.7. The topological polar surface area (TPSA) is 175 Å². The van der Waals surface area contributed by atoms with Crippen LogP contribution >= 0.6 is 0 Å². The van der Waals surface area contributed by atoms with Crippen LogP contribution in [0.4, 0.5) is 9.59 Å². The standard InChI is InChI=1S/C40H50N8O6/c1-23(2)33(45-39(51)53-5)37(49)47-19-7-9-31(47)35-41-21-29(43-35)27-15-11-25(12-16-27)26-13-17-28(18-14-26)30-22-42-36(44-30)32-10-8-20-48(32)38(50)34(24(3)4)46-40(52)54-6/h11-18,21-24,31-34H,7-10,19-20H2,1-6H3,(H,41,43)(H,42,44)(H,45,51)(H,46,52)/t31-,32+,33+,34-. The van der Waals surface area contributed by atoms with E-state index in [0.29, 0.717) is 13.1 Å². The van der Waals surface area contributed by atoms with Crippen LogP contribution in [0.5, 0.6) is 0 Å². The monoisotopic (exact) mass is 738 g/mol. The lowest BCUT2D eigenvalue weighted by atomic mass is 10.0. The summed E-state index contributed by atoms with van der Waals surface area (Å²) in [6.45, 7) is 8.78. The highest BCUT2D eigenvalue weighted by Gasteiger charge is 2.39. The van der Waals surface area contributed by atoms with Crippen molar-refractivity contribution in [3.05, 3.63) is 72.6 Å². The molecule has 2 aromatic carbocycles. The fourth-order valence-electron chi connectivity index (χ4n) is 7.37. The number of carbonyl (C=O) groups excluding carboxylic acids is 4. The summed E-state index contributed by atoms with van der Waals surface area (Å²) in [7, 11) is 2.58. The molecular formula is C40H50N8O6. The first kappa shape index (κ1) is 38.1. The summed E-state index contributed by atoms with van der Waals surface area (Å²) in [6.07, 6.45) is 5.68. The largest absolute Gasteiger partial charge is 0.453 e. The van der Waals surface area contributed by atoms with Gasteiger partial charge in [-0.05, 0) is 54.2 Å². The Morgan fingerprint density at radius 2 is 1.17 bits per heavy atom. The van der Waals surface area contributed by atoms with E-state index in [0.717, 1.165) is 71.0 Å². The van der Waals surface area contributed by atoms with Crippen molar-refractivity contribution < 1.29 is 28.7 Å². The van der Waals surface area contributed by atoms with Crippen LogP contribution in [0.25, 0.3) is 33.6 Å². The smallest absolute Gasteiger partial charge is 0.407 e. The van der Waals surface area contributed by atoms with Gasteiger partial charge in [-0.2, -0.15) is 0 Å². The van der Waals surface area contributed by atoms with E-state index in [9.17, 15) is 19.2 Å². The lowest BCUT2D eigenvalue weighted by molar-refractivity contribution is -0.136. The molecule has 4 atom stereocenters. The van der Waals surface area contributed by atoms with Gasteiger partial charge in [0.15, 0.2) is 0 Å². The van der Waals surface area contributed by atoms with Crippen LogP contribution < -0.4 is 10.6 Å². The van der Waals surface area contributed by atoms with Crippen molar-refractivity contribution in [2.75, 3.05) is 27.3 Å². The van der Waals surface area contributed by atoms with Gasteiger partial charge in [0, 0.05) is 24.8 Å². The maximum absolute atomic E-state index is 13.5. The quantitative estimate of drug-likeness (QED) is 0.140. The third-order valence-corrected chi connectivity index (χ3v) is 10.4. The molecule has 2 aliphatic heterocycles. The Kier molecular flexibility index (Phi) is 11.7. The Labute approximate surface area is 315 Å². The highest BCUT2D eigenvalue weighted by Crippen LogP contribution is 2.35. The first-order valence-electron chi connectivity index (χ1n) is 18.6. The molecule has 2 saturated heterocycles. The van der Waals surface area contributed by atoms with Gasteiger partial charge in [-0.25, -0.2) is 19.6 Å². The van der Waals surface area contributed by atoms with Crippen LogP contribution in [-0.2, 0) is 19.1 Å². The summed E-state index contributed by atoms with van der Waals surface area (Å²) in [5.41, 5.74) is 5.68. The summed E-state index contributed by atoms with van der Waals surface area (Å²) >= 11 is 0. The Hall–Kier alpha value is -5.66. The van der Waals surface area contributed by atoms with Crippen LogP contribution in [0, 0.1) is 11.8 Å². The molecule has 14 nitrogen and oxygen atoms in total. The first-order valence-corrected chi connectivity index (χ1v) is 18.6. The van der Waals surface area contributed by atoms with E-state index in [-0.39, 0.29) is 35.7 Å². The molecule has 4 N–H and O–H groups in total. The Bertz CT molecular complexity index is 1800. The predicted octanol–water partition coefficient (Wildman–Crippen LogP) is 6.22. The molecule has 4 heterocycles. The van der Waals surface area contributed by atoms with Gasteiger partial charge in [-0.1, -0.05) is 76.2 Å². The highest BCUT2D eigenvalue weighted by atomic mass is 16.5. The molecular weight excluding hydrogens is 688 g/mol. The molecule has 0 bridgehead atoms. The number of aromatic amines is 2. The zero-order valence-corrected chi connectivity index (χ0v) is 31.7. The fraction of sp³-hybridized carbons (Fsp3) is 0.450. The van der Waals surface area contributed by atoms with E-state index >= 15 is 0 Å². The molecule has 6 rings (SSSR count). The number of nitrogens with one attached hydrogen (secondary N) is 4. The number of rotatable bonds is 11. The van der Waals surface area contributed by atoms with Crippen LogP contribution in [0.2, 0.25) is 0 Å². The van der Waals surface area contributed by atoms with Crippen LogP contribution in [-0.4, -0.2) is 93.1 Å². The number of likely N-dealkylation sites (tertiary alicyclic amines) is 2. The number of hydrogen-bond acceptors (Lipinski definition) is 8. The summed E-state index contributed by atoms with van der Waals surface area (Å²) in [4.78, 5) is 70.8. The van der Waals surface area contributed by atoms with Gasteiger partial charge in [0.05, 0.1) is 43.9 Å². The average molecular weight is 739 g/mol. The van der Waals surface area contributed by atoms with Crippen LogP contribution in [0.1, 0.15) is 77.1 Å². The predicted molar refractivity (Wildman–Crippen MR) is 203 cm³/mol. The summed E-state index contributed by atoms with van der Waals surface area (Å²) < 4.78 is 9.50. The van der Waals surface area contributed by atoms with Crippen molar-refractivity contribution in [3.8, 4) is 33.6 Å². The van der Waals surface area contributed by atoms with Gasteiger partial charge in [0.1, 0.15) is 23.7 Å². The van der Waals surface area contributed by atoms with Crippen LogP contribution in [0.15, 0.2) is 60.9 Å². The van der Waals surface area contributed by atoms with Gasteiger partial charge in [-0.15, -0.1) is 0 Å². The minimum absolute atomic E-state index is 0.104. The maximum atomic E-state index is 13.5. The molecule has 54 heavy (non-hydrogen) atoms. The number of hydrogen-bond donors (Lipinski definition) is 4. The van der Waals surface area contributed by atoms with Crippen molar-refractivity contribution in [3.63, 3.8) is 0 Å². The lowest BCUT2D eigenvalue weighted by Crippen LogP contribution is -2.51. The van der Waals surface area contributed by atoms with Crippen molar-refractivity contribution in [1.82, 2.24) is 40.4 Å². The SMILES string of the molecule is COC(=O)N[C@H](C(=O)N1CCC[C@@H]1c1nc(-c2ccc(-c3ccc(-c4cnc([C@@H]5CCCN5C(=O)[C@H](NC(=O)OC)C(C)C)[nH]4)cc3)cc2)c[nH]1)C(C)C. The molecule has 0 radical (unpaired) electrons. The number of alkyl carbamates (subject to hydrolysis) is 2. The zero-order chi connectivity index (χ0) is 38.5. The number of ether oxygens (including phenoxy) is 2. The second kappa shape index (κ2) is 16.6. The molecule has 2 aromatic heterocycles. The molecule has 0 unspecified atom stereocenters. The van der Waals surface area contributed by atoms with Gasteiger partial charge in [0.25, 0.3) is 0 Å². The summed E-state index contributed by atoms with van der Waals surface area (Å²) in [6, 6.07) is 14.7. The van der Waals surface area contributed by atoms with Crippen molar-refractivity contribution >= 4 is 24.0 Å². The molecule has 4 aromatic rings. The van der Waals surface area contributed by atoms with Gasteiger partial charge in [-0.3, -0.25) is 9.59 Å². The van der Waals surface area contributed by atoms with Gasteiger partial charge >= 0.3 is 12.2 Å². The van der Waals surface area contributed by atoms with E-state index < -0.39 is 24.3 Å². The van der Waals surface area contributed by atoms with Crippen molar-refractivity contribution in [2.24, 2.45) is 11.8 Å². The summed E-state index contributed by atoms with van der Waals surface area (Å²) in [5.74, 6) is 0.955. The number of carbonyl (C=O) groups is 4. The maximum Gasteiger partial charge on any atom is 0.407 e. The van der Waals surface area contributed by atoms with Crippen molar-refractivity contribution in [1.29, 1.82) is 0 Å². The molecule has 14 heteroatoms. The van der Waals surface area contributed by atoms with E-state index in [1.54, 1.807) is 16.0 Å². The molecule has 2 aliphatic rings. The molecule has 286 valence electrons. The van der Waals surface area contributed by atoms with Gasteiger partial charge in [0.2, 0.25) is 11.8 Å². The van der Waals surface area contributed by atoms with Crippen molar-refractivity contribution in [2.45, 2.75) is 77.5 Å². The normalized spacial score (nSPS) is 18.1. The van der Waals surface area contributed by atoms with Crippen LogP contribution in [0.3, 0.4) is 0 Å². The molecule has 0 saturated carbocycles. The fourth-order valence-corrected chi connectivity index (χ4v) is 7.37. The Morgan fingerprint density at radius 3 is 1.65 bits per heavy atom. The molecule has 0 spiro atoms. The van der Waals surface area contributed by atoms with E-state index in [4.69, 9.17) is 14.5 Å². The minimum Gasteiger partial charge on any atom is -0.453 e. The number of aromatic nitrogens is 4. The lowest BCUT2D eigenvalue weighted by Gasteiger charge is -2.30. The molecule has 2 fully saturated rings. The number of methoxy groups -OCH3 is 2. The van der Waals surface area contributed by atoms with E-state index in [1.807, 2.05) is 58.2 Å². The number of H-pyrrole nitrogens is 2. The third kappa shape index (κ3) is 8.12. The molecule has 4 amide bonds. The summed E-state index contributed by atoms with van der Waals surface area (Å²) in [5, 5.41) is 5.38. The minimum atomic E-state index is -0.687. The van der Waals surface area contributed by atoms with E-state index in [1.165, 1.54) is 14.2 Å². The first-order chi connectivity index (χ1) is 26.0. The average Bonchev–Trinajstić information content (AvgIpc) is 4.02. The number of benzene rings is 2. The number of nitrogens with zero attached hydrogens (tertiary/aromatic N) is 4.